The van der Waals surface area contributed by atoms with Crippen LogP contribution in [0.3, 0.4) is 0 Å². The minimum Gasteiger partial charge on any atom is -0.343 e. The fourth-order valence-corrected chi connectivity index (χ4v) is 2.17. The summed E-state index contributed by atoms with van der Waals surface area (Å²) in [6.45, 7) is 2.71. The monoisotopic (exact) mass is 240 g/mol. The standard InChI is InChI=1S/C15H13FN2/c1-11-2-3-13-4-5-18(15(13)6-11)10-12-7-14(16)9-17-8-12/h2-9H,10H2,1H3. The minimum absolute atomic E-state index is 0.292. The highest BCUT2D eigenvalue weighted by atomic mass is 19.1. The number of halogens is 1. The molecule has 0 bridgehead atoms. The van der Waals surface area contributed by atoms with Crippen molar-refractivity contribution >= 4 is 10.9 Å². The zero-order valence-corrected chi connectivity index (χ0v) is 10.1. The van der Waals surface area contributed by atoms with Crippen LogP contribution < -0.4 is 0 Å². The second-order valence-corrected chi connectivity index (χ2v) is 4.52. The molecule has 0 unspecified atom stereocenters. The molecule has 0 amide bonds. The van der Waals surface area contributed by atoms with Gasteiger partial charge in [-0.2, -0.15) is 0 Å². The third kappa shape index (κ3) is 1.99. The Hall–Kier alpha value is -2.16. The number of aromatic nitrogens is 2. The van der Waals surface area contributed by atoms with E-state index in [0.717, 1.165) is 5.56 Å². The summed E-state index contributed by atoms with van der Waals surface area (Å²) in [6.07, 6.45) is 4.95. The maximum atomic E-state index is 13.1. The van der Waals surface area contributed by atoms with E-state index in [0.29, 0.717) is 6.54 Å². The molecular formula is C15H13FN2. The molecule has 0 radical (unpaired) electrons. The van der Waals surface area contributed by atoms with Crippen LogP contribution in [0, 0.1) is 12.7 Å². The highest BCUT2D eigenvalue weighted by molar-refractivity contribution is 5.80. The minimum atomic E-state index is -0.292. The third-order valence-corrected chi connectivity index (χ3v) is 3.04. The molecule has 2 heterocycles. The van der Waals surface area contributed by atoms with E-state index in [1.165, 1.54) is 28.7 Å². The van der Waals surface area contributed by atoms with E-state index in [4.69, 9.17) is 0 Å². The van der Waals surface area contributed by atoms with Gasteiger partial charge in [0.25, 0.3) is 0 Å². The van der Waals surface area contributed by atoms with Crippen LogP contribution >= 0.6 is 0 Å². The van der Waals surface area contributed by atoms with E-state index in [1.807, 2.05) is 6.20 Å². The highest BCUT2D eigenvalue weighted by Gasteiger charge is 2.03. The molecule has 0 saturated carbocycles. The van der Waals surface area contributed by atoms with Gasteiger partial charge in [-0.05, 0) is 41.6 Å². The average molecular weight is 240 g/mol. The van der Waals surface area contributed by atoms with Gasteiger partial charge in [0.15, 0.2) is 0 Å². The lowest BCUT2D eigenvalue weighted by molar-refractivity contribution is 0.617. The number of rotatable bonds is 2. The second-order valence-electron chi connectivity index (χ2n) is 4.52. The zero-order valence-electron chi connectivity index (χ0n) is 10.1. The van der Waals surface area contributed by atoms with Gasteiger partial charge in [0.2, 0.25) is 0 Å². The summed E-state index contributed by atoms with van der Waals surface area (Å²) in [5, 5.41) is 1.20. The van der Waals surface area contributed by atoms with Gasteiger partial charge in [0.05, 0.1) is 6.20 Å². The Labute approximate surface area is 105 Å². The molecule has 2 nitrogen and oxygen atoms in total. The quantitative estimate of drug-likeness (QED) is 0.670. The van der Waals surface area contributed by atoms with Gasteiger partial charge in [-0.1, -0.05) is 12.1 Å². The van der Waals surface area contributed by atoms with Crippen molar-refractivity contribution in [1.82, 2.24) is 9.55 Å². The molecule has 0 aliphatic heterocycles. The van der Waals surface area contributed by atoms with Gasteiger partial charge in [0, 0.05) is 24.5 Å². The fourth-order valence-electron chi connectivity index (χ4n) is 2.17. The molecular weight excluding hydrogens is 227 g/mol. The van der Waals surface area contributed by atoms with Gasteiger partial charge < -0.3 is 4.57 Å². The van der Waals surface area contributed by atoms with E-state index in [-0.39, 0.29) is 5.82 Å². The van der Waals surface area contributed by atoms with Crippen LogP contribution in [-0.4, -0.2) is 9.55 Å². The van der Waals surface area contributed by atoms with Gasteiger partial charge in [-0.25, -0.2) is 4.39 Å². The van der Waals surface area contributed by atoms with Crippen molar-refractivity contribution in [2.75, 3.05) is 0 Å². The first-order chi connectivity index (χ1) is 8.72. The van der Waals surface area contributed by atoms with E-state index in [9.17, 15) is 4.39 Å². The molecule has 0 N–H and O–H groups in total. The molecule has 3 aromatic rings. The lowest BCUT2D eigenvalue weighted by Crippen LogP contribution is -1.99. The van der Waals surface area contributed by atoms with Crippen LogP contribution in [-0.2, 0) is 6.54 Å². The highest BCUT2D eigenvalue weighted by Crippen LogP contribution is 2.18. The first-order valence-corrected chi connectivity index (χ1v) is 5.87. The lowest BCUT2D eigenvalue weighted by Gasteiger charge is -2.06. The summed E-state index contributed by atoms with van der Waals surface area (Å²) in [4.78, 5) is 3.87. The molecule has 1 aromatic carbocycles. The summed E-state index contributed by atoms with van der Waals surface area (Å²) in [7, 11) is 0. The van der Waals surface area contributed by atoms with Crippen LogP contribution in [0.5, 0.6) is 0 Å². The first kappa shape index (κ1) is 11.0. The molecule has 18 heavy (non-hydrogen) atoms. The Bertz CT molecular complexity index is 701. The van der Waals surface area contributed by atoms with Crippen molar-refractivity contribution in [2.45, 2.75) is 13.5 Å². The number of hydrogen-bond acceptors (Lipinski definition) is 1. The van der Waals surface area contributed by atoms with E-state index >= 15 is 0 Å². The van der Waals surface area contributed by atoms with Crippen molar-refractivity contribution < 1.29 is 4.39 Å². The summed E-state index contributed by atoms with van der Waals surface area (Å²) >= 11 is 0. The molecule has 0 fully saturated rings. The van der Waals surface area contributed by atoms with Crippen molar-refractivity contribution in [3.63, 3.8) is 0 Å². The topological polar surface area (TPSA) is 17.8 Å². The van der Waals surface area contributed by atoms with Crippen molar-refractivity contribution in [2.24, 2.45) is 0 Å². The van der Waals surface area contributed by atoms with Crippen LogP contribution in [0.25, 0.3) is 10.9 Å². The van der Waals surface area contributed by atoms with Gasteiger partial charge in [-0.3, -0.25) is 4.98 Å². The van der Waals surface area contributed by atoms with Crippen molar-refractivity contribution in [3.8, 4) is 0 Å². The SMILES string of the molecule is Cc1ccc2ccn(Cc3cncc(F)c3)c2c1. The first-order valence-electron chi connectivity index (χ1n) is 5.87. The lowest BCUT2D eigenvalue weighted by atomic mass is 10.2. The van der Waals surface area contributed by atoms with Crippen LogP contribution in [0.4, 0.5) is 4.39 Å². The third-order valence-electron chi connectivity index (χ3n) is 3.04. The van der Waals surface area contributed by atoms with Crippen LogP contribution in [0.15, 0.2) is 48.9 Å². The Morgan fingerprint density at radius 3 is 2.89 bits per heavy atom. The normalized spacial score (nSPS) is 11.0. The zero-order chi connectivity index (χ0) is 12.5. The van der Waals surface area contributed by atoms with Gasteiger partial charge in [-0.15, -0.1) is 0 Å². The Kier molecular flexibility index (Phi) is 2.59. The predicted molar refractivity (Wildman–Crippen MR) is 70.0 cm³/mol. The molecule has 2 aromatic heterocycles. The number of fused-ring (bicyclic) bond motifs is 1. The number of nitrogens with zero attached hydrogens (tertiary/aromatic N) is 2. The summed E-state index contributed by atoms with van der Waals surface area (Å²) in [6, 6.07) is 9.93. The van der Waals surface area contributed by atoms with E-state index < -0.39 is 0 Å². The summed E-state index contributed by atoms with van der Waals surface area (Å²) in [5.74, 6) is -0.292. The largest absolute Gasteiger partial charge is 0.343 e. The number of benzene rings is 1. The maximum Gasteiger partial charge on any atom is 0.141 e. The van der Waals surface area contributed by atoms with Crippen LogP contribution in [0.1, 0.15) is 11.1 Å². The van der Waals surface area contributed by atoms with Crippen molar-refractivity contribution in [3.05, 3.63) is 65.9 Å². The van der Waals surface area contributed by atoms with Gasteiger partial charge >= 0.3 is 0 Å². The molecule has 0 aliphatic rings. The molecule has 0 atom stereocenters. The molecule has 3 rings (SSSR count). The number of pyridine rings is 1. The molecule has 90 valence electrons. The Morgan fingerprint density at radius 2 is 2.06 bits per heavy atom. The molecule has 0 saturated heterocycles. The number of aryl methyl sites for hydroxylation is 1. The summed E-state index contributed by atoms with van der Waals surface area (Å²) < 4.78 is 15.2. The molecule has 0 spiro atoms. The van der Waals surface area contributed by atoms with E-state index in [2.05, 4.69) is 40.7 Å². The smallest absolute Gasteiger partial charge is 0.141 e. The number of hydrogen-bond donors (Lipinski definition) is 0. The Morgan fingerprint density at radius 1 is 1.17 bits per heavy atom. The fraction of sp³-hybridized carbons (Fsp3) is 0.133. The summed E-state index contributed by atoms with van der Waals surface area (Å²) in [5.41, 5.74) is 3.26. The molecule has 0 aliphatic carbocycles. The van der Waals surface area contributed by atoms with Gasteiger partial charge in [0.1, 0.15) is 5.82 Å². The second kappa shape index (κ2) is 4.26. The predicted octanol–water partition coefficient (Wildman–Crippen LogP) is 3.53. The molecule has 3 heteroatoms. The average Bonchev–Trinajstić information content (AvgIpc) is 2.72. The van der Waals surface area contributed by atoms with Crippen molar-refractivity contribution in [1.29, 1.82) is 0 Å². The van der Waals surface area contributed by atoms with E-state index in [1.54, 1.807) is 6.20 Å². The maximum absolute atomic E-state index is 13.1. The Balaban J connectivity index is 2.02. The van der Waals surface area contributed by atoms with Crippen LogP contribution in [0.2, 0.25) is 0 Å².